The Morgan fingerprint density at radius 3 is 0.676 bits per heavy atom. The van der Waals surface area contributed by atoms with Crippen LogP contribution in [0.2, 0.25) is 0 Å². The van der Waals surface area contributed by atoms with Gasteiger partial charge in [0.25, 0.3) is 0 Å². The molecule has 374 valence electrons. The molecule has 0 nitrogen and oxygen atoms in total. The quantitative estimate of drug-likeness (QED) is 0.180. The van der Waals surface area contributed by atoms with Crippen molar-refractivity contribution >= 4 is 31.5 Å². The van der Waals surface area contributed by atoms with E-state index in [-0.39, 0.29) is 15.8 Å². The summed E-state index contributed by atoms with van der Waals surface area (Å²) in [5.41, 5.74) is 8.87. The fourth-order valence-electron chi connectivity index (χ4n) is 25.5. The van der Waals surface area contributed by atoms with Gasteiger partial charge < -0.3 is 0 Å². The van der Waals surface area contributed by atoms with Crippen molar-refractivity contribution in [3.8, 4) is 0 Å². The van der Waals surface area contributed by atoms with Gasteiger partial charge >= 0.3 is 0 Å². The zero-order valence-corrected chi connectivity index (χ0v) is 48.7. The standard InChI is InChI=1S/C64H102B2P2/c1-53(2,3)57-21-41-17-42(22-57)30-61(29-41,37-57)67(62-31-43-18-44(32-62)24-58(23-43,38-62)54(4,5)6)51(65)49-13-15-50(16-14-49)52(66)68(63-33-45-19-46(34-63)26-59(25-45,39-63)55(7,8)9)64-35-47-20-48(36-64)28-60(27-47,40-64)56(10,11)12/h13-16,41-48,51-52H,17-40,65-66H2,1-12H3. The van der Waals surface area contributed by atoms with Crippen molar-refractivity contribution in [3.05, 3.63) is 35.4 Å². The molecule has 68 heavy (non-hydrogen) atoms. The summed E-state index contributed by atoms with van der Waals surface area (Å²) in [4.78, 5) is 0. The minimum absolute atomic E-state index is 0.209. The van der Waals surface area contributed by atoms with Crippen LogP contribution < -0.4 is 0 Å². The van der Waals surface area contributed by atoms with Crippen LogP contribution in [0.25, 0.3) is 0 Å². The third-order valence-corrected chi connectivity index (χ3v) is 35.5. The molecule has 0 saturated heterocycles. The van der Waals surface area contributed by atoms with Gasteiger partial charge in [-0.1, -0.05) is 123 Å². The van der Waals surface area contributed by atoms with E-state index in [0.29, 0.717) is 75.1 Å². The molecule has 0 spiro atoms. The zero-order chi connectivity index (χ0) is 47.9. The Kier molecular flexibility index (Phi) is 10.3. The summed E-state index contributed by atoms with van der Waals surface area (Å²) in [5, 5.41) is 2.33. The smallest absolute Gasteiger partial charge is 0.0945 e. The van der Waals surface area contributed by atoms with Gasteiger partial charge in [0.2, 0.25) is 0 Å². The van der Waals surface area contributed by atoms with Crippen LogP contribution in [0, 0.1) is 90.7 Å². The van der Waals surface area contributed by atoms with Crippen molar-refractivity contribution in [2.75, 3.05) is 0 Å². The summed E-state index contributed by atoms with van der Waals surface area (Å²) in [7, 11) is 5.34. The van der Waals surface area contributed by atoms with Crippen LogP contribution in [0.4, 0.5) is 0 Å². The van der Waals surface area contributed by atoms with E-state index in [9.17, 15) is 0 Å². The average molecular weight is 955 g/mol. The van der Waals surface area contributed by atoms with Gasteiger partial charge in [-0.3, -0.25) is 0 Å². The molecule has 0 aliphatic heterocycles. The van der Waals surface area contributed by atoms with Crippen LogP contribution >= 0.6 is 15.8 Å². The van der Waals surface area contributed by atoms with Crippen molar-refractivity contribution < 1.29 is 0 Å². The molecule has 0 N–H and O–H groups in total. The van der Waals surface area contributed by atoms with Gasteiger partial charge in [0.1, 0.15) is 15.7 Å². The molecule has 16 saturated carbocycles. The first-order valence-corrected chi connectivity index (χ1v) is 33.1. The fourth-order valence-corrected chi connectivity index (χ4v) is 37.3. The van der Waals surface area contributed by atoms with E-state index in [1.807, 2.05) is 0 Å². The summed E-state index contributed by atoms with van der Waals surface area (Å²) in [6.45, 7) is 32.2. The second-order valence-electron chi connectivity index (χ2n) is 34.6. The van der Waals surface area contributed by atoms with Crippen LogP contribution in [0.1, 0.15) is 259 Å². The molecular formula is C64H102B2P2. The third kappa shape index (κ3) is 6.62. The van der Waals surface area contributed by atoms with Crippen LogP contribution in [0.3, 0.4) is 0 Å². The number of benzene rings is 1. The van der Waals surface area contributed by atoms with Crippen LogP contribution in [-0.4, -0.2) is 36.3 Å². The van der Waals surface area contributed by atoms with Crippen molar-refractivity contribution in [2.45, 2.75) is 269 Å². The first-order valence-electron chi connectivity index (χ1n) is 30.2. The molecule has 16 bridgehead atoms. The first kappa shape index (κ1) is 47.9. The third-order valence-electron chi connectivity index (χ3n) is 27.2. The van der Waals surface area contributed by atoms with E-state index in [0.717, 1.165) is 47.3 Å². The molecular weight excluding hydrogens is 852 g/mol. The normalized spacial score (nSPS) is 51.4. The lowest BCUT2D eigenvalue weighted by Gasteiger charge is -2.74. The van der Waals surface area contributed by atoms with Crippen molar-refractivity contribution in [1.29, 1.82) is 0 Å². The van der Waals surface area contributed by atoms with Gasteiger partial charge in [0, 0.05) is 0 Å². The summed E-state index contributed by atoms with van der Waals surface area (Å²) in [6.07, 6.45) is 37.7. The highest BCUT2D eigenvalue weighted by Crippen LogP contribution is 2.89. The summed E-state index contributed by atoms with van der Waals surface area (Å²) >= 11 is 0. The fraction of sp³-hybridized carbons (Fsp3) is 0.906. The van der Waals surface area contributed by atoms with Crippen molar-refractivity contribution in [2.24, 2.45) is 90.7 Å². The summed E-state index contributed by atoms with van der Waals surface area (Å²) in [5.74, 6) is 7.92. The zero-order valence-electron chi connectivity index (χ0n) is 46.9. The van der Waals surface area contributed by atoms with Gasteiger partial charge in [-0.05, 0) is 288 Å². The Morgan fingerprint density at radius 1 is 0.338 bits per heavy atom. The van der Waals surface area contributed by atoms with Gasteiger partial charge in [-0.2, -0.15) is 0 Å². The molecule has 0 heterocycles. The molecule has 0 aromatic heterocycles. The Morgan fingerprint density at radius 2 is 0.515 bits per heavy atom. The maximum atomic E-state index is 2.88. The highest BCUT2D eigenvalue weighted by atomic mass is 31.1. The van der Waals surface area contributed by atoms with E-state index >= 15 is 0 Å². The molecule has 16 aliphatic carbocycles. The van der Waals surface area contributed by atoms with E-state index in [4.69, 9.17) is 0 Å². The molecule has 10 unspecified atom stereocenters. The monoisotopic (exact) mass is 955 g/mol. The predicted octanol–water partition coefficient (Wildman–Crippen LogP) is 17.5. The minimum atomic E-state index is -0.209. The Bertz CT molecular complexity index is 1840. The Balaban J connectivity index is 0.906. The van der Waals surface area contributed by atoms with Crippen molar-refractivity contribution in [3.63, 3.8) is 0 Å². The second-order valence-corrected chi connectivity index (χ2v) is 41.4. The highest BCUT2D eigenvalue weighted by Gasteiger charge is 2.72. The number of hydrogen-bond acceptors (Lipinski definition) is 0. The van der Waals surface area contributed by atoms with E-state index in [2.05, 4.69) is 123 Å². The minimum Gasteiger partial charge on any atom is -0.0945 e. The Hall–Kier alpha value is 0.210. The highest BCUT2D eigenvalue weighted by molar-refractivity contribution is 7.63. The molecule has 16 fully saturated rings. The summed E-state index contributed by atoms with van der Waals surface area (Å²) in [6, 6.07) is 11.4. The molecule has 1 aromatic rings. The van der Waals surface area contributed by atoms with Gasteiger partial charge in [-0.25, -0.2) is 0 Å². The van der Waals surface area contributed by atoms with Crippen LogP contribution in [-0.2, 0) is 0 Å². The molecule has 17 rings (SSSR count). The molecule has 4 heteroatoms. The van der Waals surface area contributed by atoms with Gasteiger partial charge in [0.15, 0.2) is 0 Å². The maximum Gasteiger partial charge on any atom is 0.116 e. The second kappa shape index (κ2) is 14.6. The lowest BCUT2D eigenvalue weighted by Crippen LogP contribution is -2.64. The summed E-state index contributed by atoms with van der Waals surface area (Å²) < 4.78 is 0. The molecule has 16 aliphatic rings. The van der Waals surface area contributed by atoms with Crippen LogP contribution in [0.15, 0.2) is 24.3 Å². The topological polar surface area (TPSA) is 0 Å². The van der Waals surface area contributed by atoms with E-state index in [1.54, 1.807) is 165 Å². The lowest BCUT2D eigenvalue weighted by atomic mass is 9.43. The van der Waals surface area contributed by atoms with Crippen molar-refractivity contribution in [1.82, 2.24) is 0 Å². The van der Waals surface area contributed by atoms with E-state index in [1.165, 1.54) is 0 Å². The van der Waals surface area contributed by atoms with E-state index < -0.39 is 0 Å². The van der Waals surface area contributed by atoms with Gasteiger partial charge in [0.05, 0.1) is 0 Å². The average Bonchev–Trinajstić information content (AvgIpc) is 3.17. The first-order chi connectivity index (χ1) is 31.6. The lowest BCUT2D eigenvalue weighted by molar-refractivity contribution is -0.113. The molecule has 10 atom stereocenters. The predicted molar refractivity (Wildman–Crippen MR) is 300 cm³/mol. The van der Waals surface area contributed by atoms with Gasteiger partial charge in [-0.15, -0.1) is 0 Å². The largest absolute Gasteiger partial charge is 0.116 e. The molecule has 0 radical (unpaired) electrons. The van der Waals surface area contributed by atoms with Crippen LogP contribution in [0.5, 0.6) is 0 Å². The number of rotatable bonds is 8. The molecule has 0 amide bonds. The Labute approximate surface area is 424 Å². The SMILES string of the molecule is BC(c1ccc(C(B)P(C23CC4CC(C2)CC(C(C)(C)C)(C4)C3)C23CC4CC(C2)CC(C(C)(C)C)(C4)C3)cc1)P(C12CC3CC(C1)CC(C(C)(C)C)(C3)C2)C12CC3CC(C1)CC(C(C)(C)C)(C3)C2. The maximum absolute atomic E-state index is 2.88. The molecule has 1 aromatic carbocycles. The number of hydrogen-bond donors (Lipinski definition) is 0.